The number of rotatable bonds is 9. The minimum atomic E-state index is 0.209. The molecule has 3 saturated carbocycles. The van der Waals surface area contributed by atoms with Gasteiger partial charge in [-0.2, -0.15) is 0 Å². The van der Waals surface area contributed by atoms with Crippen molar-refractivity contribution < 1.29 is 9.53 Å². The van der Waals surface area contributed by atoms with Crippen molar-refractivity contribution in [2.24, 2.45) is 41.4 Å². The summed E-state index contributed by atoms with van der Waals surface area (Å²) in [5.74, 6) is 4.49. The Labute approximate surface area is 214 Å². The lowest BCUT2D eigenvalue weighted by Crippen LogP contribution is -2.43. The fraction of sp³-hybridized carbons (Fsp3) is 0.774. The molecule has 0 radical (unpaired) electrons. The Morgan fingerprint density at radius 2 is 1.63 bits per heavy atom. The van der Waals surface area contributed by atoms with E-state index in [1.54, 1.807) is 4.90 Å². The maximum absolute atomic E-state index is 12.3. The molecule has 4 rings (SSSR count). The zero-order valence-corrected chi connectivity index (χ0v) is 22.5. The first-order chi connectivity index (χ1) is 17.0. The minimum Gasteiger partial charge on any atom is -0.377 e. The van der Waals surface area contributed by atoms with Crippen molar-refractivity contribution in [3.8, 4) is 0 Å². The van der Waals surface area contributed by atoms with Crippen LogP contribution in [0.1, 0.15) is 64.2 Å². The number of hydrogen-bond donors (Lipinski definition) is 0. The highest BCUT2D eigenvalue weighted by atomic mass is 16.5. The summed E-state index contributed by atoms with van der Waals surface area (Å²) in [6, 6.07) is 0. The van der Waals surface area contributed by atoms with Crippen molar-refractivity contribution in [3.05, 3.63) is 37.5 Å². The Balaban J connectivity index is 1.31. The second-order valence-electron chi connectivity index (χ2n) is 12.2. The highest BCUT2D eigenvalue weighted by Crippen LogP contribution is 2.42. The molecule has 196 valence electrons. The van der Waals surface area contributed by atoms with Crippen LogP contribution in [-0.4, -0.2) is 62.1 Å². The lowest BCUT2D eigenvalue weighted by atomic mass is 9.70. The highest BCUT2D eigenvalue weighted by molar-refractivity contribution is 5.78. The van der Waals surface area contributed by atoms with Gasteiger partial charge in [-0.25, -0.2) is 0 Å². The number of fused-ring (bicyclic) bond motifs is 1. The number of allylic oxidation sites excluding steroid dienone is 3. The zero-order valence-electron chi connectivity index (χ0n) is 22.5. The molecule has 1 heterocycles. The molecule has 4 aliphatic rings. The van der Waals surface area contributed by atoms with E-state index in [1.807, 2.05) is 20.2 Å². The molecule has 0 N–H and O–H groups in total. The molecule has 6 unspecified atom stereocenters. The topological polar surface area (TPSA) is 32.8 Å². The lowest BCUT2D eigenvalue weighted by molar-refractivity contribution is -0.134. The molecule has 0 spiro atoms. The van der Waals surface area contributed by atoms with Gasteiger partial charge in [-0.3, -0.25) is 4.79 Å². The van der Waals surface area contributed by atoms with Gasteiger partial charge in [0.25, 0.3) is 0 Å². The average Bonchev–Trinajstić information content (AvgIpc) is 3.29. The summed E-state index contributed by atoms with van der Waals surface area (Å²) in [6.07, 6.45) is 21.2. The molecular weight excluding hydrogens is 432 g/mol. The van der Waals surface area contributed by atoms with Gasteiger partial charge in [0.2, 0.25) is 5.91 Å². The molecule has 4 fully saturated rings. The van der Waals surface area contributed by atoms with Crippen LogP contribution in [0.4, 0.5) is 0 Å². The highest BCUT2D eigenvalue weighted by Gasteiger charge is 2.41. The van der Waals surface area contributed by atoms with Crippen LogP contribution in [0.15, 0.2) is 37.5 Å². The summed E-state index contributed by atoms with van der Waals surface area (Å²) in [5, 5.41) is 0. The van der Waals surface area contributed by atoms with Crippen molar-refractivity contribution in [1.29, 1.82) is 0 Å². The van der Waals surface area contributed by atoms with Gasteiger partial charge in [0.15, 0.2) is 0 Å². The Morgan fingerprint density at radius 3 is 2.23 bits per heavy atom. The summed E-state index contributed by atoms with van der Waals surface area (Å²) < 4.78 is 6.63. The van der Waals surface area contributed by atoms with Gasteiger partial charge in [-0.1, -0.05) is 43.7 Å². The van der Waals surface area contributed by atoms with Crippen LogP contribution < -0.4 is 0 Å². The van der Waals surface area contributed by atoms with Gasteiger partial charge in [0, 0.05) is 52.2 Å². The number of carbonyl (C=O) groups is 1. The third-order valence-corrected chi connectivity index (χ3v) is 9.71. The van der Waals surface area contributed by atoms with E-state index in [0.717, 1.165) is 50.5 Å². The van der Waals surface area contributed by atoms with Gasteiger partial charge in [0.05, 0.1) is 6.10 Å². The summed E-state index contributed by atoms with van der Waals surface area (Å²) in [5.41, 5.74) is 0. The maximum atomic E-state index is 12.3. The van der Waals surface area contributed by atoms with Gasteiger partial charge in [-0.05, 0) is 81.0 Å². The molecule has 1 amide bonds. The predicted molar refractivity (Wildman–Crippen MR) is 145 cm³/mol. The average molecular weight is 483 g/mol. The maximum Gasteiger partial charge on any atom is 0.225 e. The summed E-state index contributed by atoms with van der Waals surface area (Å²) in [7, 11) is 3.74. The molecule has 35 heavy (non-hydrogen) atoms. The Hall–Kier alpha value is -1.39. The molecule has 1 saturated heterocycles. The summed E-state index contributed by atoms with van der Waals surface area (Å²) in [6.45, 7) is 12.9. The number of nitrogens with zero attached hydrogens (tertiary/aromatic N) is 2. The lowest BCUT2D eigenvalue weighted by Gasteiger charge is -2.42. The second-order valence-corrected chi connectivity index (χ2v) is 12.2. The number of carbonyl (C=O) groups excluding carboxylic acids is 1. The minimum absolute atomic E-state index is 0.209. The quantitative estimate of drug-likeness (QED) is 0.300. The molecule has 0 aromatic rings. The smallest absolute Gasteiger partial charge is 0.225 e. The van der Waals surface area contributed by atoms with Crippen molar-refractivity contribution in [1.82, 2.24) is 9.80 Å². The van der Waals surface area contributed by atoms with E-state index >= 15 is 0 Å². The summed E-state index contributed by atoms with van der Waals surface area (Å²) >= 11 is 0. The SMILES string of the molecule is C=C/C=C\C1C(CN2CC3CCCCC3C2)CCC(OCC2CCC(C(=O)N(C)C)CC2)C1C=C. The van der Waals surface area contributed by atoms with Crippen LogP contribution in [0, 0.1) is 41.4 Å². The van der Waals surface area contributed by atoms with Gasteiger partial charge >= 0.3 is 0 Å². The van der Waals surface area contributed by atoms with Crippen LogP contribution in [0.25, 0.3) is 0 Å². The van der Waals surface area contributed by atoms with Crippen molar-refractivity contribution in [2.75, 3.05) is 40.3 Å². The fourth-order valence-electron chi connectivity index (χ4n) is 7.72. The second kappa shape index (κ2) is 12.7. The fourth-order valence-corrected chi connectivity index (χ4v) is 7.72. The van der Waals surface area contributed by atoms with Gasteiger partial charge in [-0.15, -0.1) is 6.58 Å². The first-order valence-corrected chi connectivity index (χ1v) is 14.5. The van der Waals surface area contributed by atoms with E-state index < -0.39 is 0 Å². The molecule has 3 aliphatic carbocycles. The predicted octanol–water partition coefficient (Wildman–Crippen LogP) is 5.96. The Morgan fingerprint density at radius 1 is 0.943 bits per heavy atom. The largest absolute Gasteiger partial charge is 0.377 e. The van der Waals surface area contributed by atoms with Gasteiger partial charge in [0.1, 0.15) is 0 Å². The van der Waals surface area contributed by atoms with E-state index in [-0.39, 0.29) is 12.0 Å². The molecule has 0 bridgehead atoms. The van der Waals surface area contributed by atoms with E-state index in [0.29, 0.717) is 29.6 Å². The van der Waals surface area contributed by atoms with E-state index in [2.05, 4.69) is 36.3 Å². The van der Waals surface area contributed by atoms with Crippen LogP contribution in [-0.2, 0) is 9.53 Å². The van der Waals surface area contributed by atoms with Crippen molar-refractivity contribution in [2.45, 2.75) is 70.3 Å². The van der Waals surface area contributed by atoms with Crippen molar-refractivity contribution >= 4 is 5.91 Å². The molecular formula is C31H50N2O2. The van der Waals surface area contributed by atoms with Crippen LogP contribution in [0.5, 0.6) is 0 Å². The Bertz CT molecular complexity index is 724. The molecule has 1 aliphatic heterocycles. The van der Waals surface area contributed by atoms with Crippen LogP contribution >= 0.6 is 0 Å². The first kappa shape index (κ1) is 26.7. The third kappa shape index (κ3) is 6.68. The summed E-state index contributed by atoms with van der Waals surface area (Å²) in [4.78, 5) is 16.8. The van der Waals surface area contributed by atoms with Gasteiger partial charge < -0.3 is 14.5 Å². The first-order valence-electron chi connectivity index (χ1n) is 14.5. The van der Waals surface area contributed by atoms with Crippen LogP contribution in [0.2, 0.25) is 0 Å². The molecule has 0 aromatic carbocycles. The molecule has 0 aromatic heterocycles. The van der Waals surface area contributed by atoms with E-state index in [4.69, 9.17) is 4.74 Å². The standard InChI is InChI=1S/C31H50N2O2/c1-5-7-12-29-27(21-33-19-25-10-8-9-11-26(25)20-33)17-18-30(28(29)6-2)35-22-23-13-15-24(16-14-23)31(34)32(3)4/h5-7,12,23-30H,1-2,8-11,13-22H2,3-4H3/b12-7-. The number of ether oxygens (including phenoxy) is 1. The monoisotopic (exact) mass is 482 g/mol. The Kier molecular flexibility index (Phi) is 9.69. The molecule has 6 atom stereocenters. The molecule has 4 nitrogen and oxygen atoms in total. The number of hydrogen-bond acceptors (Lipinski definition) is 3. The number of amides is 1. The van der Waals surface area contributed by atoms with Crippen molar-refractivity contribution in [3.63, 3.8) is 0 Å². The third-order valence-electron chi connectivity index (χ3n) is 9.71. The van der Waals surface area contributed by atoms with E-state index in [1.165, 1.54) is 51.7 Å². The normalized spacial score (nSPS) is 38.2. The van der Waals surface area contributed by atoms with Crippen LogP contribution in [0.3, 0.4) is 0 Å². The molecule has 4 heteroatoms. The van der Waals surface area contributed by atoms with E-state index in [9.17, 15) is 4.79 Å². The number of likely N-dealkylation sites (tertiary alicyclic amines) is 1. The zero-order chi connectivity index (χ0) is 24.8.